The summed E-state index contributed by atoms with van der Waals surface area (Å²) in [5, 5.41) is 8.78. The molecule has 0 unspecified atom stereocenters. The van der Waals surface area contributed by atoms with Gasteiger partial charge in [-0.15, -0.1) is 10.2 Å². The Morgan fingerprint density at radius 3 is 3.00 bits per heavy atom. The van der Waals surface area contributed by atoms with Gasteiger partial charge in [-0.25, -0.2) is 0 Å². The lowest BCUT2D eigenvalue weighted by Gasteiger charge is -2.34. The lowest BCUT2D eigenvalue weighted by Crippen LogP contribution is -2.42. The Hall–Kier alpha value is -2.57. The summed E-state index contributed by atoms with van der Waals surface area (Å²) in [5.41, 5.74) is 0.888. The van der Waals surface area contributed by atoms with E-state index in [-0.39, 0.29) is 24.8 Å². The van der Waals surface area contributed by atoms with E-state index < -0.39 is 0 Å². The molecule has 0 aliphatic carbocycles. The molecule has 1 aromatic carbocycles. The number of hydrogen-bond acceptors (Lipinski definition) is 5. The summed E-state index contributed by atoms with van der Waals surface area (Å²) in [6, 6.07) is 5.49. The molecular formula is C16H16N4O3. The quantitative estimate of drug-likeness (QED) is 0.804. The Morgan fingerprint density at radius 2 is 2.09 bits per heavy atom. The van der Waals surface area contributed by atoms with Gasteiger partial charge in [0.1, 0.15) is 6.04 Å². The summed E-state index contributed by atoms with van der Waals surface area (Å²) in [7, 11) is 0. The third-order valence-electron chi connectivity index (χ3n) is 4.93. The van der Waals surface area contributed by atoms with Gasteiger partial charge < -0.3 is 14.4 Å². The number of rotatable bonds is 1. The van der Waals surface area contributed by atoms with Crippen molar-refractivity contribution < 1.29 is 14.3 Å². The summed E-state index contributed by atoms with van der Waals surface area (Å²) in [6.07, 6.45) is 1.98. The highest BCUT2D eigenvalue weighted by atomic mass is 16.7. The van der Waals surface area contributed by atoms with Crippen LogP contribution in [-0.4, -0.2) is 38.9 Å². The summed E-state index contributed by atoms with van der Waals surface area (Å²) in [6.45, 7) is 2.98. The van der Waals surface area contributed by atoms with E-state index in [1.165, 1.54) is 0 Å². The normalized spacial score (nSPS) is 24.7. The molecule has 0 radical (unpaired) electrons. The third kappa shape index (κ3) is 1.67. The second kappa shape index (κ2) is 4.47. The van der Waals surface area contributed by atoms with Gasteiger partial charge in [-0.3, -0.25) is 9.36 Å². The standard InChI is InChI=1S/C16H16N4O3/c1-9-16(21)19-6-2-3-11(19)15-18-17-14(20(9)15)10-4-5-12-13(7-10)23-8-22-12/h4-5,7,9,11H,2-3,6,8H2,1H3/t9-,11-/m0/s1. The molecular weight excluding hydrogens is 296 g/mol. The number of fused-ring (bicyclic) bond motifs is 4. The van der Waals surface area contributed by atoms with Crippen LogP contribution in [0.2, 0.25) is 0 Å². The van der Waals surface area contributed by atoms with Crippen LogP contribution in [0, 0.1) is 0 Å². The van der Waals surface area contributed by atoms with Crippen molar-refractivity contribution in [1.82, 2.24) is 19.7 Å². The van der Waals surface area contributed by atoms with E-state index >= 15 is 0 Å². The van der Waals surface area contributed by atoms with Crippen LogP contribution >= 0.6 is 0 Å². The first kappa shape index (κ1) is 12.9. The Labute approximate surface area is 132 Å². The molecule has 0 bridgehead atoms. The molecule has 1 aromatic heterocycles. The van der Waals surface area contributed by atoms with Gasteiger partial charge in [0, 0.05) is 12.1 Å². The fourth-order valence-electron chi connectivity index (χ4n) is 3.79. The van der Waals surface area contributed by atoms with E-state index in [0.29, 0.717) is 11.6 Å². The van der Waals surface area contributed by atoms with E-state index in [1.54, 1.807) is 0 Å². The molecule has 0 saturated carbocycles. The fourth-order valence-corrected chi connectivity index (χ4v) is 3.79. The van der Waals surface area contributed by atoms with Crippen LogP contribution in [0.5, 0.6) is 11.5 Å². The molecule has 3 aliphatic rings. The SMILES string of the molecule is C[C@H]1C(=O)N2CCC[C@H]2c2nnc(-c3ccc4c(c3)OCO4)n21. The smallest absolute Gasteiger partial charge is 0.246 e. The zero-order valence-corrected chi connectivity index (χ0v) is 12.7. The molecule has 2 aromatic rings. The largest absolute Gasteiger partial charge is 0.454 e. The van der Waals surface area contributed by atoms with Crippen LogP contribution in [0.25, 0.3) is 11.4 Å². The second-order valence-corrected chi connectivity index (χ2v) is 6.19. The Kier molecular flexibility index (Phi) is 2.51. The molecule has 1 saturated heterocycles. The molecule has 0 N–H and O–H groups in total. The molecule has 118 valence electrons. The topological polar surface area (TPSA) is 69.5 Å². The zero-order valence-electron chi connectivity index (χ0n) is 12.7. The Bertz CT molecular complexity index is 816. The molecule has 2 atom stereocenters. The number of carbonyl (C=O) groups is 1. The highest BCUT2D eigenvalue weighted by Crippen LogP contribution is 2.41. The average Bonchev–Trinajstić information content (AvgIpc) is 3.28. The van der Waals surface area contributed by atoms with Crippen molar-refractivity contribution in [3.05, 3.63) is 24.0 Å². The van der Waals surface area contributed by atoms with E-state index in [0.717, 1.165) is 36.5 Å². The Morgan fingerprint density at radius 1 is 1.22 bits per heavy atom. The molecule has 3 aliphatic heterocycles. The van der Waals surface area contributed by atoms with E-state index in [2.05, 4.69) is 10.2 Å². The minimum atomic E-state index is -0.283. The number of carbonyl (C=O) groups excluding carboxylic acids is 1. The molecule has 1 fully saturated rings. The monoisotopic (exact) mass is 312 g/mol. The molecule has 7 nitrogen and oxygen atoms in total. The summed E-state index contributed by atoms with van der Waals surface area (Å²) >= 11 is 0. The van der Waals surface area contributed by atoms with Crippen molar-refractivity contribution in [2.24, 2.45) is 0 Å². The number of benzene rings is 1. The van der Waals surface area contributed by atoms with Crippen molar-refractivity contribution in [3.8, 4) is 22.9 Å². The average molecular weight is 312 g/mol. The minimum Gasteiger partial charge on any atom is -0.454 e. The third-order valence-corrected chi connectivity index (χ3v) is 4.93. The van der Waals surface area contributed by atoms with Gasteiger partial charge in [0.25, 0.3) is 0 Å². The molecule has 5 rings (SSSR count). The highest BCUT2D eigenvalue weighted by Gasteiger charge is 2.42. The summed E-state index contributed by atoms with van der Waals surface area (Å²) in [5.74, 6) is 3.20. The maximum Gasteiger partial charge on any atom is 0.246 e. The van der Waals surface area contributed by atoms with Crippen molar-refractivity contribution in [2.45, 2.75) is 31.8 Å². The van der Waals surface area contributed by atoms with Gasteiger partial charge in [-0.05, 0) is 38.0 Å². The van der Waals surface area contributed by atoms with Gasteiger partial charge in [0.2, 0.25) is 12.7 Å². The summed E-state index contributed by atoms with van der Waals surface area (Å²) in [4.78, 5) is 14.6. The predicted molar refractivity (Wildman–Crippen MR) is 80.0 cm³/mol. The van der Waals surface area contributed by atoms with Gasteiger partial charge in [0.15, 0.2) is 23.1 Å². The molecule has 4 heterocycles. The van der Waals surface area contributed by atoms with Gasteiger partial charge in [0.05, 0.1) is 6.04 Å². The van der Waals surface area contributed by atoms with Gasteiger partial charge >= 0.3 is 0 Å². The van der Waals surface area contributed by atoms with E-state index in [1.807, 2.05) is 34.6 Å². The van der Waals surface area contributed by atoms with E-state index in [4.69, 9.17) is 9.47 Å². The minimum absolute atomic E-state index is 0.0639. The zero-order chi connectivity index (χ0) is 15.6. The number of amides is 1. The number of hydrogen-bond donors (Lipinski definition) is 0. The van der Waals surface area contributed by atoms with Crippen LogP contribution in [0.1, 0.15) is 37.7 Å². The fraction of sp³-hybridized carbons (Fsp3) is 0.438. The molecule has 7 heteroatoms. The maximum absolute atomic E-state index is 12.6. The predicted octanol–water partition coefficient (Wildman–Crippen LogP) is 1.91. The lowest BCUT2D eigenvalue weighted by molar-refractivity contribution is -0.137. The number of nitrogens with zero attached hydrogens (tertiary/aromatic N) is 4. The van der Waals surface area contributed by atoms with Gasteiger partial charge in [-0.2, -0.15) is 0 Å². The van der Waals surface area contributed by atoms with Crippen LogP contribution in [-0.2, 0) is 4.79 Å². The maximum atomic E-state index is 12.6. The van der Waals surface area contributed by atoms with Crippen molar-refractivity contribution in [2.75, 3.05) is 13.3 Å². The summed E-state index contributed by atoms with van der Waals surface area (Å²) < 4.78 is 12.8. The van der Waals surface area contributed by atoms with Crippen LogP contribution in [0.4, 0.5) is 0 Å². The molecule has 1 amide bonds. The molecule has 0 spiro atoms. The Balaban J connectivity index is 1.65. The first-order valence-corrected chi connectivity index (χ1v) is 7.89. The first-order valence-electron chi connectivity index (χ1n) is 7.89. The van der Waals surface area contributed by atoms with Crippen LogP contribution < -0.4 is 9.47 Å². The highest BCUT2D eigenvalue weighted by molar-refractivity contribution is 5.83. The number of aromatic nitrogens is 3. The first-order chi connectivity index (χ1) is 11.2. The van der Waals surface area contributed by atoms with Gasteiger partial charge in [-0.1, -0.05) is 0 Å². The lowest BCUT2D eigenvalue weighted by atomic mass is 10.1. The van der Waals surface area contributed by atoms with Crippen molar-refractivity contribution in [3.63, 3.8) is 0 Å². The van der Waals surface area contributed by atoms with Crippen molar-refractivity contribution >= 4 is 5.91 Å². The molecule has 23 heavy (non-hydrogen) atoms. The van der Waals surface area contributed by atoms with Crippen LogP contribution in [0.15, 0.2) is 18.2 Å². The second-order valence-electron chi connectivity index (χ2n) is 6.19. The number of ether oxygens (including phenoxy) is 2. The van der Waals surface area contributed by atoms with E-state index in [9.17, 15) is 4.79 Å². The van der Waals surface area contributed by atoms with Crippen LogP contribution in [0.3, 0.4) is 0 Å². The van der Waals surface area contributed by atoms with Crippen molar-refractivity contribution in [1.29, 1.82) is 0 Å².